The Kier molecular flexibility index (Phi) is 16.4. The Morgan fingerprint density at radius 2 is 1.38 bits per heavy atom. The maximum absolute atomic E-state index is 15.0. The van der Waals surface area contributed by atoms with Gasteiger partial charge in [0.2, 0.25) is 23.5 Å². The van der Waals surface area contributed by atoms with E-state index in [0.717, 1.165) is 6.42 Å². The summed E-state index contributed by atoms with van der Waals surface area (Å²) in [5.41, 5.74) is -5.31. The van der Waals surface area contributed by atoms with Crippen LogP contribution in [0.15, 0.2) is 30.3 Å². The van der Waals surface area contributed by atoms with E-state index in [2.05, 4.69) is 26.6 Å². The molecule has 0 spiro atoms. The van der Waals surface area contributed by atoms with Gasteiger partial charge in [-0.3, -0.25) is 28.8 Å². The molecule has 0 heterocycles. The SMILES string of the molecule is CCCC(NC(=O)[C@H](CC(C)C)NC(=O)[C@@](C)(NC(=O)c1c(F)c(F)c(F)c(F)c1C(=O)O)C1CCCCC1)C(=O)C(=O)NCC(=O)N[C@H](C(=O)O)c1ccccc1. The van der Waals surface area contributed by atoms with Gasteiger partial charge in [0.15, 0.2) is 29.3 Å². The minimum Gasteiger partial charge on any atom is -0.479 e. The summed E-state index contributed by atoms with van der Waals surface area (Å²) in [5, 5.41) is 30.6. The van der Waals surface area contributed by atoms with Crippen molar-refractivity contribution in [3.63, 3.8) is 0 Å². The maximum Gasteiger partial charge on any atom is 0.339 e. The summed E-state index contributed by atoms with van der Waals surface area (Å²) in [6.07, 6.45) is 2.60. The van der Waals surface area contributed by atoms with Crippen LogP contribution >= 0.6 is 0 Å². The second-order valence-electron chi connectivity index (χ2n) is 14.6. The van der Waals surface area contributed by atoms with Gasteiger partial charge in [0, 0.05) is 0 Å². The van der Waals surface area contributed by atoms with Gasteiger partial charge in [-0.05, 0) is 50.0 Å². The molecule has 0 aromatic heterocycles. The fourth-order valence-corrected chi connectivity index (χ4v) is 6.76. The number of nitrogens with one attached hydrogen (secondary N) is 5. The molecule has 5 amide bonds. The largest absolute Gasteiger partial charge is 0.479 e. The third-order valence-electron chi connectivity index (χ3n) is 9.83. The topological polar surface area (TPSA) is 237 Å². The first-order valence-electron chi connectivity index (χ1n) is 18.7. The molecular formula is C39H47F4N5O10. The molecule has 0 saturated heterocycles. The number of carbonyl (C=O) groups excluding carboxylic acids is 6. The number of rotatable bonds is 19. The molecule has 316 valence electrons. The first-order valence-corrected chi connectivity index (χ1v) is 18.7. The zero-order valence-corrected chi connectivity index (χ0v) is 32.3. The average Bonchev–Trinajstić information content (AvgIpc) is 3.18. The fraction of sp³-hybridized carbons (Fsp3) is 0.487. The number of hydrogen-bond donors (Lipinski definition) is 7. The van der Waals surface area contributed by atoms with E-state index in [0.29, 0.717) is 25.7 Å². The standard InChI is InChI=1S/C39H47F4N5O10/c1-5-12-22(32(50)35(53)44-18-24(49)47-31(37(56)57)20-13-8-6-9-14-20)45-33(51)23(17-19(2)3)46-38(58)39(4,21-15-10-7-11-16-21)48-34(52)25-26(36(54)55)28(41)30(43)29(42)27(25)40/h6,8-9,13-14,19,21-23,31H,5,7,10-12,15-18H2,1-4H3,(H,44,53)(H,45,51)(H,46,58)(H,47,49)(H,48,52)(H,54,55)(H,56,57)/t22?,23-,31-,39-/m0/s1. The van der Waals surface area contributed by atoms with E-state index < -0.39 is 118 Å². The Hall–Kier alpha value is -5.88. The Labute approximate surface area is 331 Å². The van der Waals surface area contributed by atoms with Crippen molar-refractivity contribution in [2.45, 2.75) is 103 Å². The van der Waals surface area contributed by atoms with Gasteiger partial charge in [0.1, 0.15) is 17.1 Å². The first kappa shape index (κ1) is 46.5. The molecule has 1 fully saturated rings. The van der Waals surface area contributed by atoms with E-state index in [1.165, 1.54) is 19.1 Å². The highest BCUT2D eigenvalue weighted by Gasteiger charge is 2.46. The highest BCUT2D eigenvalue weighted by atomic mass is 19.2. The minimum absolute atomic E-state index is 0.0655. The van der Waals surface area contributed by atoms with Gasteiger partial charge in [-0.25, -0.2) is 27.2 Å². The van der Waals surface area contributed by atoms with Crippen molar-refractivity contribution in [3.05, 3.63) is 70.3 Å². The molecule has 15 nitrogen and oxygen atoms in total. The summed E-state index contributed by atoms with van der Waals surface area (Å²) in [4.78, 5) is 104. The van der Waals surface area contributed by atoms with Crippen LogP contribution in [0, 0.1) is 35.1 Å². The second-order valence-corrected chi connectivity index (χ2v) is 14.6. The number of aliphatic carboxylic acids is 1. The molecule has 58 heavy (non-hydrogen) atoms. The molecule has 7 N–H and O–H groups in total. The number of benzene rings is 2. The van der Waals surface area contributed by atoms with Crippen molar-refractivity contribution in [1.29, 1.82) is 0 Å². The number of ketones is 1. The highest BCUT2D eigenvalue weighted by Crippen LogP contribution is 2.34. The number of aromatic carboxylic acids is 1. The van der Waals surface area contributed by atoms with Crippen molar-refractivity contribution in [1.82, 2.24) is 26.6 Å². The van der Waals surface area contributed by atoms with E-state index in [1.54, 1.807) is 39.0 Å². The molecule has 4 atom stereocenters. The van der Waals surface area contributed by atoms with Gasteiger partial charge in [0.25, 0.3) is 11.8 Å². The van der Waals surface area contributed by atoms with Gasteiger partial charge in [-0.2, -0.15) is 0 Å². The lowest BCUT2D eigenvalue weighted by molar-refractivity contribution is -0.142. The van der Waals surface area contributed by atoms with Gasteiger partial charge in [0.05, 0.1) is 18.2 Å². The van der Waals surface area contributed by atoms with Crippen LogP contribution in [0.4, 0.5) is 17.6 Å². The van der Waals surface area contributed by atoms with Crippen LogP contribution < -0.4 is 26.6 Å². The van der Waals surface area contributed by atoms with Crippen molar-refractivity contribution in [2.75, 3.05) is 6.54 Å². The number of amides is 5. The molecule has 1 aliphatic rings. The van der Waals surface area contributed by atoms with Crippen molar-refractivity contribution in [2.24, 2.45) is 11.8 Å². The molecule has 3 rings (SSSR count). The number of Topliss-reactive ketones (excluding diaryl/α,β-unsaturated/α-hetero) is 1. The Bertz CT molecular complexity index is 1910. The summed E-state index contributed by atoms with van der Waals surface area (Å²) in [7, 11) is 0. The van der Waals surface area contributed by atoms with Crippen LogP contribution in [-0.4, -0.2) is 81.6 Å². The smallest absolute Gasteiger partial charge is 0.339 e. The van der Waals surface area contributed by atoms with Crippen LogP contribution in [0.3, 0.4) is 0 Å². The van der Waals surface area contributed by atoms with Crippen LogP contribution in [-0.2, 0) is 28.8 Å². The minimum atomic E-state index is -2.46. The van der Waals surface area contributed by atoms with Crippen LogP contribution in [0.5, 0.6) is 0 Å². The monoisotopic (exact) mass is 821 g/mol. The summed E-state index contributed by atoms with van der Waals surface area (Å²) < 4.78 is 57.8. The third-order valence-corrected chi connectivity index (χ3v) is 9.83. The number of carboxylic acid groups (broad SMARTS) is 2. The van der Waals surface area contributed by atoms with E-state index >= 15 is 0 Å². The molecule has 0 radical (unpaired) electrons. The molecule has 19 heteroatoms. The quantitative estimate of drug-likeness (QED) is 0.0472. The summed E-state index contributed by atoms with van der Waals surface area (Å²) >= 11 is 0. The number of carbonyl (C=O) groups is 8. The normalized spacial score (nSPS) is 15.5. The zero-order chi connectivity index (χ0) is 43.5. The number of hydrogen-bond acceptors (Lipinski definition) is 8. The summed E-state index contributed by atoms with van der Waals surface area (Å²) in [6.45, 7) is 5.46. The Balaban J connectivity index is 1.84. The molecular weight excluding hydrogens is 774 g/mol. The lowest BCUT2D eigenvalue weighted by Gasteiger charge is -2.40. The second kappa shape index (κ2) is 20.5. The predicted molar refractivity (Wildman–Crippen MR) is 197 cm³/mol. The molecule has 1 aliphatic carbocycles. The summed E-state index contributed by atoms with van der Waals surface area (Å²) in [5.74, 6) is -21.3. The van der Waals surface area contributed by atoms with Crippen LogP contribution in [0.2, 0.25) is 0 Å². The molecule has 2 aromatic carbocycles. The molecule has 2 aromatic rings. The Morgan fingerprint density at radius 3 is 1.91 bits per heavy atom. The third kappa shape index (κ3) is 11.4. The first-order chi connectivity index (χ1) is 27.2. The van der Waals surface area contributed by atoms with Crippen LogP contribution in [0.25, 0.3) is 0 Å². The molecule has 1 unspecified atom stereocenters. The fourth-order valence-electron chi connectivity index (χ4n) is 6.76. The highest BCUT2D eigenvalue weighted by molar-refractivity contribution is 6.38. The van der Waals surface area contributed by atoms with E-state index in [4.69, 9.17) is 0 Å². The van der Waals surface area contributed by atoms with Crippen LogP contribution in [0.1, 0.15) is 111 Å². The zero-order valence-electron chi connectivity index (χ0n) is 32.3. The van der Waals surface area contributed by atoms with Gasteiger partial charge < -0.3 is 36.8 Å². The maximum atomic E-state index is 15.0. The van der Waals surface area contributed by atoms with Gasteiger partial charge >= 0.3 is 11.9 Å². The number of carboxylic acids is 2. The molecule has 1 saturated carbocycles. The van der Waals surface area contributed by atoms with E-state index in [9.17, 15) is 66.1 Å². The van der Waals surface area contributed by atoms with Crippen molar-refractivity contribution in [3.8, 4) is 0 Å². The van der Waals surface area contributed by atoms with Crippen molar-refractivity contribution < 1.29 is 66.1 Å². The number of halogens is 4. The molecule has 0 aliphatic heterocycles. The average molecular weight is 822 g/mol. The van der Waals surface area contributed by atoms with E-state index in [1.807, 2.05) is 0 Å². The lowest BCUT2D eigenvalue weighted by Crippen LogP contribution is -2.64. The van der Waals surface area contributed by atoms with Gasteiger partial charge in [-0.15, -0.1) is 0 Å². The Morgan fingerprint density at radius 1 is 0.793 bits per heavy atom. The molecule has 0 bridgehead atoms. The van der Waals surface area contributed by atoms with E-state index in [-0.39, 0.29) is 30.7 Å². The summed E-state index contributed by atoms with van der Waals surface area (Å²) in [6, 6.07) is 3.35. The van der Waals surface area contributed by atoms with Crippen molar-refractivity contribution >= 4 is 47.3 Å². The lowest BCUT2D eigenvalue weighted by atomic mass is 9.74. The van der Waals surface area contributed by atoms with Gasteiger partial charge in [-0.1, -0.05) is 76.8 Å². The predicted octanol–water partition coefficient (Wildman–Crippen LogP) is 3.45.